The number of hydrogen-bond donors (Lipinski definition) is 2. The van der Waals surface area contributed by atoms with Crippen molar-refractivity contribution in [2.45, 2.75) is 85.1 Å². The van der Waals surface area contributed by atoms with Gasteiger partial charge in [0.15, 0.2) is 0 Å². The molecular formula is C30H40N2O5. The van der Waals surface area contributed by atoms with Crippen LogP contribution in [0.5, 0.6) is 0 Å². The van der Waals surface area contributed by atoms with Crippen LogP contribution in [0.1, 0.15) is 81.3 Å². The van der Waals surface area contributed by atoms with Crippen LogP contribution in [0.3, 0.4) is 0 Å². The van der Waals surface area contributed by atoms with Crippen LogP contribution >= 0.6 is 0 Å². The number of rotatable bonds is 3. The second kappa shape index (κ2) is 8.77. The summed E-state index contributed by atoms with van der Waals surface area (Å²) in [5, 5.41) is 11.7. The standard InChI is InChI=1S/C30H40N2O5/c1-6-28(4)14-23(37-27(36)32-16-21-19(15-31)8-7-9-20(21)26(32)35)29(5)17(2)10-12-30(18(3)25(28)34)13-11-22(33)24(29)30/h6-9,17-18,23-25,34H,1,10-16,31H2,2-5H3/t17-,18+,23-,24?,25+,28-,29+,30+/m1/s1. The number of nitrogens with two attached hydrogens (primary N) is 1. The molecule has 0 spiro atoms. The summed E-state index contributed by atoms with van der Waals surface area (Å²) in [7, 11) is 0. The molecule has 3 N–H and O–H groups in total. The average molecular weight is 509 g/mol. The highest BCUT2D eigenvalue weighted by Crippen LogP contribution is 2.68. The van der Waals surface area contributed by atoms with Crippen molar-refractivity contribution < 1.29 is 24.2 Å². The highest BCUT2D eigenvalue weighted by Gasteiger charge is 2.68. The van der Waals surface area contributed by atoms with Gasteiger partial charge in [0.1, 0.15) is 11.9 Å². The lowest BCUT2D eigenvalue weighted by Crippen LogP contribution is -2.63. The van der Waals surface area contributed by atoms with Gasteiger partial charge in [-0.15, -0.1) is 6.58 Å². The monoisotopic (exact) mass is 508 g/mol. The van der Waals surface area contributed by atoms with Gasteiger partial charge >= 0.3 is 6.09 Å². The molecule has 1 aromatic carbocycles. The Kier molecular flexibility index (Phi) is 6.19. The Labute approximate surface area is 219 Å². The van der Waals surface area contributed by atoms with E-state index in [1.165, 1.54) is 0 Å². The minimum Gasteiger partial charge on any atom is -0.445 e. The van der Waals surface area contributed by atoms with Crippen molar-refractivity contribution in [3.63, 3.8) is 0 Å². The van der Waals surface area contributed by atoms with Gasteiger partial charge in [0.05, 0.1) is 12.6 Å². The molecule has 7 heteroatoms. The Hall–Kier alpha value is -2.51. The molecule has 3 saturated carbocycles. The number of aliphatic hydroxyl groups is 1. The average Bonchev–Trinajstić information content (AvgIpc) is 3.42. The van der Waals surface area contributed by atoms with Gasteiger partial charge in [-0.3, -0.25) is 9.59 Å². The highest BCUT2D eigenvalue weighted by atomic mass is 16.6. The van der Waals surface area contributed by atoms with Crippen molar-refractivity contribution in [1.82, 2.24) is 4.90 Å². The first-order valence-corrected chi connectivity index (χ1v) is 13.6. The van der Waals surface area contributed by atoms with E-state index in [0.29, 0.717) is 18.4 Å². The lowest BCUT2D eigenvalue weighted by molar-refractivity contribution is -0.192. The minimum atomic E-state index is -0.734. The molecule has 8 atom stereocenters. The summed E-state index contributed by atoms with van der Waals surface area (Å²) in [6.07, 6.45) is 2.98. The summed E-state index contributed by atoms with van der Waals surface area (Å²) in [5.74, 6) is -0.476. The van der Waals surface area contributed by atoms with Crippen LogP contribution in [0.25, 0.3) is 0 Å². The maximum Gasteiger partial charge on any atom is 0.417 e. The molecule has 4 aliphatic rings. The van der Waals surface area contributed by atoms with E-state index in [2.05, 4.69) is 27.4 Å². The molecule has 1 heterocycles. The minimum absolute atomic E-state index is 0.0974. The maximum absolute atomic E-state index is 13.7. The molecular weight excluding hydrogens is 468 g/mol. The third-order valence-electron chi connectivity index (χ3n) is 11.0. The lowest BCUT2D eigenvalue weighted by atomic mass is 9.44. The number of benzene rings is 1. The first-order chi connectivity index (χ1) is 17.4. The first-order valence-electron chi connectivity index (χ1n) is 13.6. The molecule has 37 heavy (non-hydrogen) atoms. The smallest absolute Gasteiger partial charge is 0.417 e. The predicted octanol–water partition coefficient (Wildman–Crippen LogP) is 4.60. The molecule has 2 bridgehead atoms. The van der Waals surface area contributed by atoms with Crippen molar-refractivity contribution in [3.05, 3.63) is 47.5 Å². The van der Waals surface area contributed by atoms with Crippen LogP contribution in [-0.4, -0.2) is 40.0 Å². The molecule has 0 radical (unpaired) electrons. The number of fused-ring (bicyclic) bond motifs is 1. The summed E-state index contributed by atoms with van der Waals surface area (Å²) in [6.45, 7) is 12.7. The Morgan fingerprint density at radius 3 is 2.68 bits per heavy atom. The molecule has 3 aliphatic carbocycles. The largest absolute Gasteiger partial charge is 0.445 e. The second-order valence-corrected chi connectivity index (χ2v) is 12.5. The third kappa shape index (κ3) is 3.49. The van der Waals surface area contributed by atoms with E-state index >= 15 is 0 Å². The van der Waals surface area contributed by atoms with Crippen LogP contribution in [0.15, 0.2) is 30.9 Å². The number of ether oxygens (including phenoxy) is 1. The molecule has 5 rings (SSSR count). The van der Waals surface area contributed by atoms with Gasteiger partial charge in [0, 0.05) is 35.3 Å². The third-order valence-corrected chi connectivity index (χ3v) is 11.0. The fraction of sp³-hybridized carbons (Fsp3) is 0.633. The van der Waals surface area contributed by atoms with Crippen molar-refractivity contribution in [1.29, 1.82) is 0 Å². The van der Waals surface area contributed by atoms with Crippen LogP contribution in [-0.2, 0) is 22.6 Å². The van der Waals surface area contributed by atoms with Crippen LogP contribution in [0, 0.1) is 34.0 Å². The number of Topliss-reactive ketones (excluding diaryl/α,β-unsaturated/α-hetero) is 1. The number of amides is 2. The van der Waals surface area contributed by atoms with E-state index in [0.717, 1.165) is 35.3 Å². The molecule has 0 aromatic heterocycles. The summed E-state index contributed by atoms with van der Waals surface area (Å²) < 4.78 is 6.30. The Balaban J connectivity index is 1.55. The molecule has 1 aromatic rings. The molecule has 3 fully saturated rings. The van der Waals surface area contributed by atoms with E-state index in [-0.39, 0.29) is 42.0 Å². The van der Waals surface area contributed by atoms with Gasteiger partial charge in [0.25, 0.3) is 5.91 Å². The van der Waals surface area contributed by atoms with E-state index in [1.54, 1.807) is 18.2 Å². The van der Waals surface area contributed by atoms with Gasteiger partial charge < -0.3 is 15.6 Å². The Morgan fingerprint density at radius 1 is 1.27 bits per heavy atom. The van der Waals surface area contributed by atoms with Crippen molar-refractivity contribution >= 4 is 17.8 Å². The van der Waals surface area contributed by atoms with E-state index in [9.17, 15) is 19.5 Å². The number of carbonyl (C=O) groups excluding carboxylic acids is 3. The zero-order valence-corrected chi connectivity index (χ0v) is 22.5. The van der Waals surface area contributed by atoms with Crippen LogP contribution in [0.2, 0.25) is 0 Å². The first kappa shape index (κ1) is 26.1. The molecule has 200 valence electrons. The lowest BCUT2D eigenvalue weighted by Gasteiger charge is -2.61. The highest BCUT2D eigenvalue weighted by molar-refractivity contribution is 6.06. The van der Waals surface area contributed by atoms with E-state index in [1.807, 2.05) is 13.0 Å². The molecule has 7 nitrogen and oxygen atoms in total. The molecule has 1 unspecified atom stereocenters. The summed E-state index contributed by atoms with van der Waals surface area (Å²) in [6, 6.07) is 5.35. The SMILES string of the molecule is C=C[C@]1(C)C[C@@H](OC(=O)N2Cc3c(CN)cccc3C2=O)[C@@]2(C)C3C(=O)CC[C@@]3(CC[C@H]2C)[C@@H](C)[C@@H]1O. The molecule has 1 aliphatic heterocycles. The van der Waals surface area contributed by atoms with Gasteiger partial charge in [-0.25, -0.2) is 9.69 Å². The van der Waals surface area contributed by atoms with E-state index < -0.39 is 35.0 Å². The number of nitrogens with zero attached hydrogens (tertiary/aromatic N) is 1. The Bertz CT molecular complexity index is 1160. The fourth-order valence-corrected chi connectivity index (χ4v) is 8.42. The van der Waals surface area contributed by atoms with Crippen LogP contribution < -0.4 is 5.73 Å². The Morgan fingerprint density at radius 2 is 2.00 bits per heavy atom. The zero-order valence-electron chi connectivity index (χ0n) is 22.5. The summed E-state index contributed by atoms with van der Waals surface area (Å²) >= 11 is 0. The predicted molar refractivity (Wildman–Crippen MR) is 139 cm³/mol. The number of ketones is 1. The number of aliphatic hydroxyl groups excluding tert-OH is 1. The zero-order chi connectivity index (χ0) is 26.9. The number of carbonyl (C=O) groups is 3. The van der Waals surface area contributed by atoms with Gasteiger partial charge in [-0.1, -0.05) is 45.9 Å². The number of imide groups is 1. The summed E-state index contributed by atoms with van der Waals surface area (Å²) in [5.41, 5.74) is 6.24. The number of hydrogen-bond acceptors (Lipinski definition) is 6. The van der Waals surface area contributed by atoms with Gasteiger partial charge in [0.2, 0.25) is 0 Å². The van der Waals surface area contributed by atoms with Crippen molar-refractivity contribution in [2.24, 2.45) is 39.7 Å². The van der Waals surface area contributed by atoms with Crippen molar-refractivity contribution in [2.75, 3.05) is 0 Å². The van der Waals surface area contributed by atoms with Crippen LogP contribution in [0.4, 0.5) is 4.79 Å². The topological polar surface area (TPSA) is 110 Å². The molecule has 0 saturated heterocycles. The van der Waals surface area contributed by atoms with Gasteiger partial charge in [-0.05, 0) is 60.1 Å². The summed E-state index contributed by atoms with van der Waals surface area (Å²) in [4.78, 5) is 41.6. The van der Waals surface area contributed by atoms with Crippen molar-refractivity contribution in [3.8, 4) is 0 Å². The molecule has 2 amide bonds. The normalized spacial score (nSPS) is 41.0. The quantitative estimate of drug-likeness (QED) is 0.578. The van der Waals surface area contributed by atoms with Gasteiger partial charge in [-0.2, -0.15) is 0 Å². The van der Waals surface area contributed by atoms with E-state index in [4.69, 9.17) is 10.5 Å². The fourth-order valence-electron chi connectivity index (χ4n) is 8.42. The maximum atomic E-state index is 13.7. The second-order valence-electron chi connectivity index (χ2n) is 12.5.